The van der Waals surface area contributed by atoms with Crippen molar-refractivity contribution < 1.29 is 52.7 Å². The van der Waals surface area contributed by atoms with Crippen molar-refractivity contribution in [3.05, 3.63) is 108 Å². The Balaban J connectivity index is 1.32. The first-order chi connectivity index (χ1) is 42.9. The lowest BCUT2D eigenvalue weighted by atomic mass is 9.98. The fraction of sp³-hybridized carbons (Fsp3) is 0.484. The largest absolute Gasteiger partial charge is 0.370 e. The Kier molecular flexibility index (Phi) is 26.4. The fourth-order valence-corrected chi connectivity index (χ4v) is 11.1. The zero-order valence-corrected chi connectivity index (χ0v) is 51.6. The van der Waals surface area contributed by atoms with Crippen molar-refractivity contribution in [2.24, 2.45) is 40.5 Å². The zero-order chi connectivity index (χ0) is 65.6. The third kappa shape index (κ3) is 20.7. The standard InChI is InChI=1S/C64H89N15O11/c1-36(2)29-48(56(69)82)74-59(85)49(30-37(3)4)75-61(87)52(33-40-35-71-45-21-11-9-18-42(40)45)78-60(86)50(31-38-15-6-5-7-16-38)76-62(88)51(32-39-34-70-44-20-10-8-17-41(39)44)77-58(84)46(23-25-54(67)80)72-57(83)47(24-26-55(68)81)73-63(89)53-22-14-28-79(53)64(90)43(66)19-12-13-27-65/h5-11,15-18,20-21,34-37,43,46-53,70-71H,12-14,19,22-33,65-66H2,1-4H3,(H2,67,80)(H2,68,81)(H2,69,82)(H,72,83)(H,73,89)(H,74,85)(H,75,87)(H,76,88)(H,77,84)(H,78,86). The summed E-state index contributed by atoms with van der Waals surface area (Å²) in [5, 5.41) is 20.6. The summed E-state index contributed by atoms with van der Waals surface area (Å²) in [6.45, 7) is 8.09. The average molecular weight is 1240 g/mol. The molecular weight excluding hydrogens is 1150 g/mol. The summed E-state index contributed by atoms with van der Waals surface area (Å²) in [6.07, 6.45) is 4.02. The van der Waals surface area contributed by atoms with Gasteiger partial charge >= 0.3 is 0 Å². The Hall–Kier alpha value is -9.17. The Morgan fingerprint density at radius 3 is 1.42 bits per heavy atom. The predicted octanol–water partition coefficient (Wildman–Crippen LogP) is 0.626. The molecule has 3 heterocycles. The number of carbonyl (C=O) groups is 11. The highest BCUT2D eigenvalue weighted by molar-refractivity contribution is 5.99. The highest BCUT2D eigenvalue weighted by Gasteiger charge is 2.39. The molecule has 0 aliphatic carbocycles. The summed E-state index contributed by atoms with van der Waals surface area (Å²) in [5.41, 5.74) is 31.9. The van der Waals surface area contributed by atoms with Crippen LogP contribution in [0.4, 0.5) is 0 Å². The van der Waals surface area contributed by atoms with Gasteiger partial charge < -0.3 is 80.8 Å². The van der Waals surface area contributed by atoms with Gasteiger partial charge in [0.15, 0.2) is 0 Å². The van der Waals surface area contributed by atoms with Crippen molar-refractivity contribution >= 4 is 86.8 Å². The molecule has 26 heteroatoms. The molecule has 11 amide bonds. The van der Waals surface area contributed by atoms with Crippen LogP contribution in [0.25, 0.3) is 21.8 Å². The molecule has 9 unspecified atom stereocenters. The Morgan fingerprint density at radius 2 is 0.933 bits per heavy atom. The lowest BCUT2D eigenvalue weighted by molar-refractivity contribution is -0.140. The summed E-state index contributed by atoms with van der Waals surface area (Å²) in [6, 6.07) is 11.6. The predicted molar refractivity (Wildman–Crippen MR) is 338 cm³/mol. The maximum atomic E-state index is 15.2. The Bertz CT molecular complexity index is 3310. The minimum Gasteiger partial charge on any atom is -0.370 e. The van der Waals surface area contributed by atoms with Gasteiger partial charge in [-0.2, -0.15) is 0 Å². The van der Waals surface area contributed by atoms with E-state index in [0.717, 1.165) is 10.9 Å². The quantitative estimate of drug-likeness (QED) is 0.0245. The first-order valence-corrected chi connectivity index (χ1v) is 30.8. The fourth-order valence-electron chi connectivity index (χ4n) is 11.1. The number of fused-ring (bicyclic) bond motifs is 2. The molecule has 0 saturated carbocycles. The van der Waals surface area contributed by atoms with E-state index < -0.39 is 132 Å². The van der Waals surface area contributed by atoms with Crippen molar-refractivity contribution in [3.8, 4) is 0 Å². The number of likely N-dealkylation sites (tertiary alicyclic amines) is 1. The van der Waals surface area contributed by atoms with Gasteiger partial charge in [0, 0.05) is 72.8 Å². The van der Waals surface area contributed by atoms with E-state index in [1.807, 2.05) is 58.0 Å². The molecule has 5 aromatic rings. The Morgan fingerprint density at radius 1 is 0.511 bits per heavy atom. The van der Waals surface area contributed by atoms with E-state index >= 15 is 9.59 Å². The van der Waals surface area contributed by atoms with Crippen LogP contribution in [-0.2, 0) is 72.0 Å². The molecule has 1 aliphatic rings. The highest BCUT2D eigenvalue weighted by Crippen LogP contribution is 2.23. The number of benzene rings is 3. The molecular formula is C64H89N15O11. The van der Waals surface area contributed by atoms with Gasteiger partial charge in [-0.3, -0.25) is 52.7 Å². The molecule has 19 N–H and O–H groups in total. The number of unbranched alkanes of at least 4 members (excludes halogenated alkanes) is 1. The molecule has 0 bridgehead atoms. The maximum Gasteiger partial charge on any atom is 0.243 e. The second-order valence-electron chi connectivity index (χ2n) is 24.0. The van der Waals surface area contributed by atoms with E-state index in [-0.39, 0.29) is 69.7 Å². The zero-order valence-electron chi connectivity index (χ0n) is 51.6. The second-order valence-corrected chi connectivity index (χ2v) is 24.0. The van der Waals surface area contributed by atoms with Gasteiger partial charge in [0.1, 0.15) is 48.3 Å². The summed E-state index contributed by atoms with van der Waals surface area (Å²) in [7, 11) is 0. The van der Waals surface area contributed by atoms with Crippen LogP contribution in [0.15, 0.2) is 91.3 Å². The lowest BCUT2D eigenvalue weighted by Gasteiger charge is -2.29. The van der Waals surface area contributed by atoms with E-state index in [4.69, 9.17) is 28.7 Å². The van der Waals surface area contributed by atoms with Crippen LogP contribution in [-0.4, -0.2) is 147 Å². The van der Waals surface area contributed by atoms with E-state index in [1.165, 1.54) is 4.90 Å². The van der Waals surface area contributed by atoms with Gasteiger partial charge in [-0.1, -0.05) is 101 Å². The minimum absolute atomic E-state index is 0.0150. The summed E-state index contributed by atoms with van der Waals surface area (Å²) >= 11 is 0. The number of H-pyrrole nitrogens is 2. The molecule has 90 heavy (non-hydrogen) atoms. The number of hydrogen-bond donors (Lipinski definition) is 14. The van der Waals surface area contributed by atoms with Gasteiger partial charge in [0.25, 0.3) is 0 Å². The van der Waals surface area contributed by atoms with E-state index in [2.05, 4.69) is 47.2 Å². The average Bonchev–Trinajstić information content (AvgIpc) is 2.81. The van der Waals surface area contributed by atoms with Crippen molar-refractivity contribution in [2.45, 2.75) is 172 Å². The van der Waals surface area contributed by atoms with Crippen molar-refractivity contribution in [1.82, 2.24) is 52.1 Å². The number of carbonyl (C=O) groups excluding carboxylic acids is 11. The number of rotatable bonds is 36. The lowest BCUT2D eigenvalue weighted by Crippen LogP contribution is -2.61. The van der Waals surface area contributed by atoms with Crippen molar-refractivity contribution in [3.63, 3.8) is 0 Å². The van der Waals surface area contributed by atoms with Crippen LogP contribution in [0.5, 0.6) is 0 Å². The molecule has 1 fully saturated rings. The van der Waals surface area contributed by atoms with Crippen LogP contribution in [0, 0.1) is 11.8 Å². The number of primary amides is 3. The monoisotopic (exact) mass is 1240 g/mol. The number of nitrogens with one attached hydrogen (secondary N) is 9. The molecule has 2 aromatic heterocycles. The molecule has 9 atom stereocenters. The first kappa shape index (κ1) is 69.9. The third-order valence-corrected chi connectivity index (χ3v) is 15.8. The summed E-state index contributed by atoms with van der Waals surface area (Å²) < 4.78 is 0. The van der Waals surface area contributed by atoms with Gasteiger partial charge in [0.2, 0.25) is 65.0 Å². The van der Waals surface area contributed by atoms with Crippen LogP contribution >= 0.6 is 0 Å². The molecule has 486 valence electrons. The number of nitrogens with two attached hydrogens (primary N) is 5. The van der Waals surface area contributed by atoms with E-state index in [9.17, 15) is 43.2 Å². The smallest absolute Gasteiger partial charge is 0.243 e. The molecule has 0 radical (unpaired) electrons. The topological polar surface area (TPSA) is 437 Å². The number of aromatic amines is 2. The SMILES string of the molecule is CC(C)CC(NC(=O)C(CC(C)C)NC(=O)C(Cc1c[nH]c2ccccc12)NC(=O)C(Cc1ccccc1)NC(=O)C(Cc1c[nH]c2ccccc12)NC(=O)C(CCC(N)=O)NC(=O)C(CCC(N)=O)NC(=O)C1CCCN1C(=O)C(N)CCCCN)C(N)=O. The van der Waals surface area contributed by atoms with Gasteiger partial charge in [-0.25, -0.2) is 0 Å². The normalized spacial score (nSPS) is 15.8. The maximum absolute atomic E-state index is 15.2. The molecule has 6 rings (SSSR count). The van der Waals surface area contributed by atoms with Gasteiger partial charge in [-0.05, 0) is 98.6 Å². The van der Waals surface area contributed by atoms with Crippen molar-refractivity contribution in [1.29, 1.82) is 0 Å². The number of amides is 11. The molecule has 0 spiro atoms. The number of para-hydroxylation sites is 2. The molecule has 26 nitrogen and oxygen atoms in total. The second kappa shape index (κ2) is 34.0. The van der Waals surface area contributed by atoms with Crippen LogP contribution in [0.3, 0.4) is 0 Å². The highest BCUT2D eigenvalue weighted by atomic mass is 16.2. The Labute approximate surface area is 523 Å². The van der Waals surface area contributed by atoms with Gasteiger partial charge in [-0.15, -0.1) is 0 Å². The van der Waals surface area contributed by atoms with Gasteiger partial charge in [0.05, 0.1) is 6.04 Å². The third-order valence-electron chi connectivity index (χ3n) is 15.8. The minimum atomic E-state index is -1.61. The summed E-state index contributed by atoms with van der Waals surface area (Å²) in [4.78, 5) is 161. The van der Waals surface area contributed by atoms with Crippen molar-refractivity contribution in [2.75, 3.05) is 13.1 Å². The number of nitrogens with zero attached hydrogens (tertiary/aromatic N) is 1. The summed E-state index contributed by atoms with van der Waals surface area (Å²) in [5.74, 6) is -8.79. The molecule has 3 aromatic carbocycles. The van der Waals surface area contributed by atoms with Crippen LogP contribution in [0.2, 0.25) is 0 Å². The molecule has 1 saturated heterocycles. The van der Waals surface area contributed by atoms with Crippen LogP contribution in [0.1, 0.15) is 115 Å². The number of hydrogen-bond acceptors (Lipinski definition) is 13. The molecule has 1 aliphatic heterocycles. The van der Waals surface area contributed by atoms with E-state index in [1.54, 1.807) is 60.9 Å². The van der Waals surface area contributed by atoms with Crippen LogP contribution < -0.4 is 65.9 Å². The number of aromatic nitrogens is 2. The first-order valence-electron chi connectivity index (χ1n) is 30.8. The van der Waals surface area contributed by atoms with E-state index in [0.29, 0.717) is 59.8 Å².